The van der Waals surface area contributed by atoms with E-state index in [1.807, 2.05) is 0 Å². The molecule has 0 aliphatic heterocycles. The Balaban J connectivity index is 2.64. The van der Waals surface area contributed by atoms with Gasteiger partial charge in [-0.3, -0.25) is 9.59 Å². The number of carbonyl (C=O) groups excluding carboxylic acids is 2. The highest BCUT2D eigenvalue weighted by atomic mass is 32.2. The Bertz CT molecular complexity index is 775. The first-order valence-electron chi connectivity index (χ1n) is 6.93. The van der Waals surface area contributed by atoms with Crippen LogP contribution in [0.5, 0.6) is 0 Å². The van der Waals surface area contributed by atoms with Gasteiger partial charge in [0.15, 0.2) is 24.1 Å². The topological polar surface area (TPSA) is 102 Å². The molecule has 0 saturated carbocycles. The van der Waals surface area contributed by atoms with Gasteiger partial charge in [0.05, 0.1) is 0 Å². The molecule has 0 spiro atoms. The van der Waals surface area contributed by atoms with E-state index in [-0.39, 0.29) is 0 Å². The maximum atomic E-state index is 13.5. The Morgan fingerprint density at radius 3 is 2.28 bits per heavy atom. The molecule has 7 nitrogen and oxygen atoms in total. The van der Waals surface area contributed by atoms with Crippen LogP contribution in [0.25, 0.3) is 0 Å². The molecule has 0 unspecified atom stereocenters. The molecular formula is C14H17F3N2O5S. The number of ether oxygens (including phenoxy) is 1. The first-order chi connectivity index (χ1) is 11.3. The standard InChI is InChI=1S/C14H17F3N2O5S/c1-14(2,3)19-10(20)7-24-11(21)6-18-25(22,23)9-5-4-8(15)12(16)13(9)17/h4-5,18H,6-7H2,1-3H3,(H,19,20). The minimum Gasteiger partial charge on any atom is -0.455 e. The van der Waals surface area contributed by atoms with Crippen molar-refractivity contribution in [2.75, 3.05) is 13.2 Å². The summed E-state index contributed by atoms with van der Waals surface area (Å²) in [5.41, 5.74) is -0.546. The maximum absolute atomic E-state index is 13.5. The van der Waals surface area contributed by atoms with Gasteiger partial charge in [0, 0.05) is 5.54 Å². The molecule has 0 aliphatic carbocycles. The molecule has 11 heteroatoms. The highest BCUT2D eigenvalue weighted by Crippen LogP contribution is 2.19. The lowest BCUT2D eigenvalue weighted by atomic mass is 10.1. The van der Waals surface area contributed by atoms with Gasteiger partial charge in [-0.25, -0.2) is 21.6 Å². The van der Waals surface area contributed by atoms with Crippen LogP contribution in [-0.4, -0.2) is 39.0 Å². The van der Waals surface area contributed by atoms with Crippen LogP contribution in [0.4, 0.5) is 13.2 Å². The van der Waals surface area contributed by atoms with Crippen LogP contribution in [0.1, 0.15) is 20.8 Å². The van der Waals surface area contributed by atoms with Gasteiger partial charge in [-0.15, -0.1) is 0 Å². The number of halogens is 3. The van der Waals surface area contributed by atoms with Gasteiger partial charge < -0.3 is 10.1 Å². The van der Waals surface area contributed by atoms with E-state index in [1.165, 1.54) is 0 Å². The summed E-state index contributed by atoms with van der Waals surface area (Å²) in [5, 5.41) is 2.51. The van der Waals surface area contributed by atoms with Gasteiger partial charge in [-0.1, -0.05) is 0 Å². The monoisotopic (exact) mass is 382 g/mol. The fourth-order valence-corrected chi connectivity index (χ4v) is 2.63. The third-order valence-corrected chi connectivity index (χ3v) is 3.99. The molecule has 1 aromatic rings. The first kappa shape index (κ1) is 20.9. The third kappa shape index (κ3) is 6.35. The number of sulfonamides is 1. The van der Waals surface area contributed by atoms with Crippen molar-refractivity contribution in [2.24, 2.45) is 0 Å². The summed E-state index contributed by atoms with van der Waals surface area (Å²) in [4.78, 5) is 21.7. The first-order valence-corrected chi connectivity index (χ1v) is 8.41. The van der Waals surface area contributed by atoms with E-state index in [9.17, 15) is 31.2 Å². The number of hydrogen-bond acceptors (Lipinski definition) is 5. The van der Waals surface area contributed by atoms with Crippen LogP contribution in [0.15, 0.2) is 17.0 Å². The molecule has 0 heterocycles. The predicted molar refractivity (Wildman–Crippen MR) is 80.4 cm³/mol. The number of rotatable bonds is 6. The van der Waals surface area contributed by atoms with Crippen molar-refractivity contribution in [2.45, 2.75) is 31.2 Å². The quantitative estimate of drug-likeness (QED) is 0.561. The number of esters is 1. The molecule has 140 valence electrons. The van der Waals surface area contributed by atoms with E-state index < -0.39 is 62.9 Å². The minimum absolute atomic E-state index is 0.433. The highest BCUT2D eigenvalue weighted by molar-refractivity contribution is 7.89. The van der Waals surface area contributed by atoms with Crippen molar-refractivity contribution in [3.05, 3.63) is 29.6 Å². The Labute approximate surface area is 142 Å². The lowest BCUT2D eigenvalue weighted by Gasteiger charge is -2.20. The van der Waals surface area contributed by atoms with Crippen LogP contribution in [0.3, 0.4) is 0 Å². The summed E-state index contributed by atoms with van der Waals surface area (Å²) in [7, 11) is -4.63. The minimum atomic E-state index is -4.63. The van der Waals surface area contributed by atoms with E-state index in [1.54, 1.807) is 25.5 Å². The molecule has 0 saturated heterocycles. The van der Waals surface area contributed by atoms with Crippen LogP contribution in [0, 0.1) is 17.5 Å². The van der Waals surface area contributed by atoms with Crippen molar-refractivity contribution in [1.82, 2.24) is 10.0 Å². The second-order valence-corrected chi connectivity index (χ2v) is 7.69. The van der Waals surface area contributed by atoms with Gasteiger partial charge in [0.1, 0.15) is 11.4 Å². The molecule has 1 rings (SSSR count). The summed E-state index contributed by atoms with van der Waals surface area (Å²) in [6.45, 7) is 3.55. The van der Waals surface area contributed by atoms with E-state index in [0.29, 0.717) is 12.1 Å². The summed E-state index contributed by atoms with van der Waals surface area (Å²) in [6.07, 6.45) is 0. The SMILES string of the molecule is CC(C)(C)NC(=O)COC(=O)CNS(=O)(=O)c1ccc(F)c(F)c1F. The second kappa shape index (κ2) is 7.83. The number of nitrogens with one attached hydrogen (secondary N) is 2. The van der Waals surface area contributed by atoms with Crippen LogP contribution < -0.4 is 10.0 Å². The lowest BCUT2D eigenvalue weighted by molar-refractivity contribution is -0.147. The maximum Gasteiger partial charge on any atom is 0.321 e. The largest absolute Gasteiger partial charge is 0.455 e. The third-order valence-electron chi connectivity index (χ3n) is 2.57. The van der Waals surface area contributed by atoms with Gasteiger partial charge in [0.25, 0.3) is 5.91 Å². The van der Waals surface area contributed by atoms with Crippen LogP contribution in [0.2, 0.25) is 0 Å². The number of benzene rings is 1. The average Bonchev–Trinajstić information content (AvgIpc) is 2.46. The van der Waals surface area contributed by atoms with Crippen molar-refractivity contribution in [3.63, 3.8) is 0 Å². The Morgan fingerprint density at radius 2 is 1.72 bits per heavy atom. The van der Waals surface area contributed by atoms with Gasteiger partial charge in [-0.05, 0) is 32.9 Å². The lowest BCUT2D eigenvalue weighted by Crippen LogP contribution is -2.43. The smallest absolute Gasteiger partial charge is 0.321 e. The molecule has 0 bridgehead atoms. The second-order valence-electron chi connectivity index (χ2n) is 5.96. The molecule has 0 radical (unpaired) electrons. The van der Waals surface area contributed by atoms with Crippen LogP contribution in [-0.2, 0) is 24.3 Å². The Kier molecular flexibility index (Phi) is 6.54. The van der Waals surface area contributed by atoms with Crippen molar-refractivity contribution in [1.29, 1.82) is 0 Å². The molecule has 2 N–H and O–H groups in total. The number of amides is 1. The zero-order valence-electron chi connectivity index (χ0n) is 13.7. The van der Waals surface area contributed by atoms with E-state index in [0.717, 1.165) is 0 Å². The van der Waals surface area contributed by atoms with E-state index in [4.69, 9.17) is 0 Å². The Hall–Kier alpha value is -2.14. The molecule has 1 amide bonds. The average molecular weight is 382 g/mol. The summed E-state index contributed by atoms with van der Waals surface area (Å²) in [6, 6.07) is 0.945. The van der Waals surface area contributed by atoms with Crippen LogP contribution >= 0.6 is 0 Å². The molecule has 0 aliphatic rings. The molecule has 0 atom stereocenters. The van der Waals surface area contributed by atoms with E-state index in [2.05, 4.69) is 10.1 Å². The summed E-state index contributed by atoms with van der Waals surface area (Å²) in [5.74, 6) is -7.14. The molecular weight excluding hydrogens is 365 g/mol. The Morgan fingerprint density at radius 1 is 1.12 bits per heavy atom. The van der Waals surface area contributed by atoms with Gasteiger partial charge in [0.2, 0.25) is 10.0 Å². The zero-order valence-corrected chi connectivity index (χ0v) is 14.5. The normalized spacial score (nSPS) is 11.9. The summed E-state index contributed by atoms with van der Waals surface area (Å²) >= 11 is 0. The number of hydrogen-bond donors (Lipinski definition) is 2. The fourth-order valence-electron chi connectivity index (χ4n) is 1.60. The number of carbonyl (C=O) groups is 2. The van der Waals surface area contributed by atoms with Gasteiger partial charge >= 0.3 is 5.97 Å². The molecule has 0 aromatic heterocycles. The molecule has 1 aromatic carbocycles. The van der Waals surface area contributed by atoms with E-state index >= 15 is 0 Å². The molecule has 25 heavy (non-hydrogen) atoms. The van der Waals surface area contributed by atoms with Crippen molar-refractivity contribution in [3.8, 4) is 0 Å². The predicted octanol–water partition coefficient (Wildman–Crippen LogP) is 0.840. The molecule has 0 fully saturated rings. The van der Waals surface area contributed by atoms with Crippen molar-refractivity contribution < 1.29 is 35.9 Å². The highest BCUT2D eigenvalue weighted by Gasteiger charge is 2.25. The fraction of sp³-hybridized carbons (Fsp3) is 0.429. The van der Waals surface area contributed by atoms with Gasteiger partial charge in [-0.2, -0.15) is 4.72 Å². The van der Waals surface area contributed by atoms with Crippen molar-refractivity contribution >= 4 is 21.9 Å². The zero-order chi connectivity index (χ0) is 19.4. The summed E-state index contributed by atoms with van der Waals surface area (Å²) < 4.78 is 69.2.